The molecule has 0 radical (unpaired) electrons. The molecule has 1 aliphatic heterocycles. The fourth-order valence-corrected chi connectivity index (χ4v) is 2.68. The molecule has 0 spiro atoms. The molecule has 2 aromatic rings. The van der Waals surface area contributed by atoms with Crippen molar-refractivity contribution in [1.82, 2.24) is 0 Å². The number of amides is 1. The van der Waals surface area contributed by atoms with E-state index in [0.29, 0.717) is 24.3 Å². The van der Waals surface area contributed by atoms with Crippen molar-refractivity contribution < 1.29 is 13.6 Å². The molecule has 0 saturated carbocycles. The molecule has 1 amide bonds. The van der Waals surface area contributed by atoms with E-state index in [4.69, 9.17) is 5.73 Å². The van der Waals surface area contributed by atoms with Gasteiger partial charge in [0, 0.05) is 6.54 Å². The van der Waals surface area contributed by atoms with Crippen LogP contribution >= 0.6 is 0 Å². The maximum atomic E-state index is 14.1. The van der Waals surface area contributed by atoms with Gasteiger partial charge in [-0.25, -0.2) is 8.78 Å². The smallest absolute Gasteiger partial charge is 0.264 e. The van der Waals surface area contributed by atoms with Crippen LogP contribution in [0.25, 0.3) is 0 Å². The van der Waals surface area contributed by atoms with E-state index in [1.165, 1.54) is 17.9 Å². The average molecular weight is 288 g/mol. The van der Waals surface area contributed by atoms with E-state index in [1.54, 1.807) is 12.1 Å². The number of aryl methyl sites for hydroxylation is 1. The van der Waals surface area contributed by atoms with Crippen LogP contribution in [-0.4, -0.2) is 12.5 Å². The predicted octanol–water partition coefficient (Wildman–Crippen LogP) is 3.06. The molecule has 21 heavy (non-hydrogen) atoms. The lowest BCUT2D eigenvalue weighted by molar-refractivity contribution is 0.0981. The zero-order valence-corrected chi connectivity index (χ0v) is 11.5. The van der Waals surface area contributed by atoms with Crippen LogP contribution in [0.15, 0.2) is 30.3 Å². The Morgan fingerprint density at radius 3 is 2.76 bits per heavy atom. The van der Waals surface area contributed by atoms with Crippen LogP contribution in [0.3, 0.4) is 0 Å². The van der Waals surface area contributed by atoms with Crippen molar-refractivity contribution >= 4 is 17.3 Å². The summed E-state index contributed by atoms with van der Waals surface area (Å²) in [4.78, 5) is 13.9. The van der Waals surface area contributed by atoms with Gasteiger partial charge in [0.05, 0.1) is 11.4 Å². The standard InChI is InChI=1S/C16H14F2N2O/c1-9-5-6-11(17)13(14(9)18)16(21)20-8-7-10-3-2-4-12(19)15(10)20/h2-6H,7-8,19H2,1H3. The number of anilines is 2. The Hall–Kier alpha value is -2.43. The second kappa shape index (κ2) is 4.84. The number of nitrogens with zero attached hydrogens (tertiary/aromatic N) is 1. The van der Waals surface area contributed by atoms with Crippen molar-refractivity contribution in [2.45, 2.75) is 13.3 Å². The quantitative estimate of drug-likeness (QED) is 0.820. The summed E-state index contributed by atoms with van der Waals surface area (Å²) in [7, 11) is 0. The maximum Gasteiger partial charge on any atom is 0.264 e. The van der Waals surface area contributed by atoms with Gasteiger partial charge in [0.25, 0.3) is 5.91 Å². The summed E-state index contributed by atoms with van der Waals surface area (Å²) >= 11 is 0. The average Bonchev–Trinajstić information content (AvgIpc) is 2.88. The summed E-state index contributed by atoms with van der Waals surface area (Å²) in [5.74, 6) is -2.36. The number of hydrogen-bond donors (Lipinski definition) is 1. The molecule has 0 aliphatic carbocycles. The first-order chi connectivity index (χ1) is 10.0. The summed E-state index contributed by atoms with van der Waals surface area (Å²) in [6, 6.07) is 7.76. The molecule has 2 N–H and O–H groups in total. The summed E-state index contributed by atoms with van der Waals surface area (Å²) in [5.41, 5.74) is 7.53. The van der Waals surface area contributed by atoms with Crippen molar-refractivity contribution in [3.8, 4) is 0 Å². The molecule has 0 unspecified atom stereocenters. The van der Waals surface area contributed by atoms with Crippen molar-refractivity contribution in [3.05, 3.63) is 58.7 Å². The number of nitrogens with two attached hydrogens (primary N) is 1. The summed E-state index contributed by atoms with van der Waals surface area (Å²) in [5, 5.41) is 0. The Kier molecular flexibility index (Phi) is 3.12. The number of hydrogen-bond acceptors (Lipinski definition) is 2. The molecule has 0 atom stereocenters. The zero-order chi connectivity index (χ0) is 15.1. The molecule has 0 bridgehead atoms. The Balaban J connectivity index is 2.09. The minimum atomic E-state index is -0.856. The van der Waals surface area contributed by atoms with Gasteiger partial charge in [-0.05, 0) is 36.6 Å². The summed E-state index contributed by atoms with van der Waals surface area (Å²) in [6.45, 7) is 1.87. The van der Waals surface area contributed by atoms with Crippen molar-refractivity contribution in [2.75, 3.05) is 17.2 Å². The fraction of sp³-hybridized carbons (Fsp3) is 0.188. The van der Waals surface area contributed by atoms with Crippen molar-refractivity contribution in [1.29, 1.82) is 0 Å². The number of nitrogen functional groups attached to an aromatic ring is 1. The molecule has 108 valence electrons. The summed E-state index contributed by atoms with van der Waals surface area (Å²) in [6.07, 6.45) is 0.626. The Labute approximate surface area is 121 Å². The highest BCUT2D eigenvalue weighted by molar-refractivity contribution is 6.09. The lowest BCUT2D eigenvalue weighted by Gasteiger charge is -2.20. The van der Waals surface area contributed by atoms with Gasteiger partial charge in [0.1, 0.15) is 17.2 Å². The SMILES string of the molecule is Cc1ccc(F)c(C(=O)N2CCc3cccc(N)c32)c1F. The first kappa shape index (κ1) is 13.5. The second-order valence-electron chi connectivity index (χ2n) is 5.12. The van der Waals surface area contributed by atoms with Gasteiger partial charge in [0.15, 0.2) is 0 Å². The predicted molar refractivity (Wildman–Crippen MR) is 77.3 cm³/mol. The topological polar surface area (TPSA) is 46.3 Å². The van der Waals surface area contributed by atoms with E-state index in [0.717, 1.165) is 11.6 Å². The molecule has 3 rings (SSSR count). The van der Waals surface area contributed by atoms with Gasteiger partial charge >= 0.3 is 0 Å². The van der Waals surface area contributed by atoms with Gasteiger partial charge in [0.2, 0.25) is 0 Å². The van der Waals surface area contributed by atoms with Gasteiger partial charge in [-0.1, -0.05) is 18.2 Å². The van der Waals surface area contributed by atoms with Crippen LogP contribution < -0.4 is 10.6 Å². The number of carbonyl (C=O) groups is 1. The summed E-state index contributed by atoms with van der Waals surface area (Å²) < 4.78 is 28.0. The highest BCUT2D eigenvalue weighted by Gasteiger charge is 2.31. The minimum absolute atomic E-state index is 0.236. The second-order valence-corrected chi connectivity index (χ2v) is 5.12. The molecule has 0 saturated heterocycles. The van der Waals surface area contributed by atoms with Crippen LogP contribution in [0.1, 0.15) is 21.5 Å². The van der Waals surface area contributed by atoms with Crippen LogP contribution in [0, 0.1) is 18.6 Å². The van der Waals surface area contributed by atoms with Crippen LogP contribution in [0.2, 0.25) is 0 Å². The van der Waals surface area contributed by atoms with Crippen molar-refractivity contribution in [2.24, 2.45) is 0 Å². The fourth-order valence-electron chi connectivity index (χ4n) is 2.68. The first-order valence-electron chi connectivity index (χ1n) is 6.64. The van der Waals surface area contributed by atoms with Gasteiger partial charge < -0.3 is 10.6 Å². The lowest BCUT2D eigenvalue weighted by Crippen LogP contribution is -2.31. The monoisotopic (exact) mass is 288 g/mol. The third-order valence-electron chi connectivity index (χ3n) is 3.77. The van der Waals surface area contributed by atoms with Crippen molar-refractivity contribution in [3.63, 3.8) is 0 Å². The van der Waals surface area contributed by atoms with E-state index in [9.17, 15) is 13.6 Å². The number of rotatable bonds is 1. The Bertz CT molecular complexity index is 743. The third-order valence-corrected chi connectivity index (χ3v) is 3.77. The maximum absolute atomic E-state index is 14.1. The molecule has 3 nitrogen and oxygen atoms in total. The third kappa shape index (κ3) is 2.05. The number of halogens is 2. The van der Waals surface area contributed by atoms with Gasteiger partial charge in [-0.2, -0.15) is 0 Å². The molecule has 2 aromatic carbocycles. The van der Waals surface area contributed by atoms with E-state index in [-0.39, 0.29) is 5.56 Å². The highest BCUT2D eigenvalue weighted by atomic mass is 19.1. The molecule has 0 aromatic heterocycles. The highest BCUT2D eigenvalue weighted by Crippen LogP contribution is 2.35. The minimum Gasteiger partial charge on any atom is -0.397 e. The number of fused-ring (bicyclic) bond motifs is 1. The van der Waals surface area contributed by atoms with E-state index in [2.05, 4.69) is 0 Å². The molecular formula is C16H14F2N2O. The van der Waals surface area contributed by atoms with Gasteiger partial charge in [-0.15, -0.1) is 0 Å². The molecule has 1 heterocycles. The van der Waals surface area contributed by atoms with Gasteiger partial charge in [-0.3, -0.25) is 4.79 Å². The van der Waals surface area contributed by atoms with E-state index < -0.39 is 23.1 Å². The van der Waals surface area contributed by atoms with E-state index in [1.807, 2.05) is 6.07 Å². The molecule has 1 aliphatic rings. The number of carbonyl (C=O) groups excluding carboxylic acids is 1. The Morgan fingerprint density at radius 1 is 1.24 bits per heavy atom. The largest absolute Gasteiger partial charge is 0.397 e. The lowest BCUT2D eigenvalue weighted by atomic mass is 10.1. The molecule has 0 fully saturated rings. The van der Waals surface area contributed by atoms with Crippen LogP contribution in [0.4, 0.5) is 20.2 Å². The molecular weight excluding hydrogens is 274 g/mol. The van der Waals surface area contributed by atoms with Crippen LogP contribution in [-0.2, 0) is 6.42 Å². The molecule has 5 heteroatoms. The number of para-hydroxylation sites is 1. The van der Waals surface area contributed by atoms with E-state index >= 15 is 0 Å². The zero-order valence-electron chi connectivity index (χ0n) is 11.5. The van der Waals surface area contributed by atoms with Crippen LogP contribution in [0.5, 0.6) is 0 Å². The first-order valence-corrected chi connectivity index (χ1v) is 6.64. The normalized spacial score (nSPS) is 13.4. The Morgan fingerprint density at radius 2 is 2.00 bits per heavy atom. The number of benzene rings is 2.